The Morgan fingerprint density at radius 1 is 1.04 bits per heavy atom. The van der Waals surface area contributed by atoms with Gasteiger partial charge in [0.25, 0.3) is 5.91 Å². The quantitative estimate of drug-likeness (QED) is 0.784. The van der Waals surface area contributed by atoms with Crippen molar-refractivity contribution in [3.8, 4) is 0 Å². The normalized spacial score (nSPS) is 13.6. The van der Waals surface area contributed by atoms with E-state index in [1.54, 1.807) is 12.4 Å². The Balaban J connectivity index is 1.64. The van der Waals surface area contributed by atoms with E-state index in [1.807, 2.05) is 36.4 Å². The minimum atomic E-state index is -0.123. The molecular formula is C19H17N3O. The van der Waals surface area contributed by atoms with Crippen molar-refractivity contribution in [2.24, 2.45) is 0 Å². The third kappa shape index (κ3) is 2.68. The van der Waals surface area contributed by atoms with E-state index in [9.17, 15) is 4.79 Å². The van der Waals surface area contributed by atoms with Crippen molar-refractivity contribution in [2.75, 3.05) is 5.32 Å². The van der Waals surface area contributed by atoms with E-state index in [1.165, 1.54) is 18.4 Å². The van der Waals surface area contributed by atoms with Gasteiger partial charge in [-0.05, 0) is 61.6 Å². The fraction of sp³-hybridized carbons (Fsp3) is 0.211. The van der Waals surface area contributed by atoms with Crippen molar-refractivity contribution >= 4 is 22.5 Å². The highest BCUT2D eigenvalue weighted by Crippen LogP contribution is 2.23. The molecule has 1 aliphatic rings. The lowest BCUT2D eigenvalue weighted by Crippen LogP contribution is -2.15. The second-order valence-corrected chi connectivity index (χ2v) is 5.87. The Kier molecular flexibility index (Phi) is 3.50. The summed E-state index contributed by atoms with van der Waals surface area (Å²) < 4.78 is 0. The number of aryl methyl sites for hydroxylation is 2. The van der Waals surface area contributed by atoms with Crippen LogP contribution in [0.3, 0.4) is 0 Å². The lowest BCUT2D eigenvalue weighted by Gasteiger charge is -2.15. The number of aromatic nitrogens is 2. The van der Waals surface area contributed by atoms with Gasteiger partial charge in [0.05, 0.1) is 16.8 Å². The van der Waals surface area contributed by atoms with Crippen LogP contribution in [0.25, 0.3) is 10.9 Å². The first kappa shape index (κ1) is 13.9. The van der Waals surface area contributed by atoms with Crippen LogP contribution in [0, 0.1) is 0 Å². The summed E-state index contributed by atoms with van der Waals surface area (Å²) in [6, 6.07) is 11.6. The van der Waals surface area contributed by atoms with Gasteiger partial charge >= 0.3 is 0 Å². The summed E-state index contributed by atoms with van der Waals surface area (Å²) in [5.74, 6) is -0.123. The summed E-state index contributed by atoms with van der Waals surface area (Å²) in [4.78, 5) is 21.4. The average Bonchev–Trinajstić information content (AvgIpc) is 2.61. The molecule has 0 saturated heterocycles. The minimum absolute atomic E-state index is 0.123. The number of hydrogen-bond donors (Lipinski definition) is 1. The molecule has 4 rings (SSSR count). The van der Waals surface area contributed by atoms with Crippen molar-refractivity contribution in [1.29, 1.82) is 0 Å². The average molecular weight is 303 g/mol. The molecule has 0 fully saturated rings. The molecule has 1 amide bonds. The highest BCUT2D eigenvalue weighted by Gasteiger charge is 2.15. The second-order valence-electron chi connectivity index (χ2n) is 5.87. The predicted molar refractivity (Wildman–Crippen MR) is 90.6 cm³/mol. The first-order chi connectivity index (χ1) is 11.3. The number of benzene rings is 1. The van der Waals surface area contributed by atoms with E-state index in [-0.39, 0.29) is 5.91 Å². The number of pyridine rings is 2. The third-order valence-electron chi connectivity index (χ3n) is 4.33. The number of fused-ring (bicyclic) bond motifs is 2. The first-order valence-corrected chi connectivity index (χ1v) is 7.94. The fourth-order valence-corrected chi connectivity index (χ4v) is 3.12. The minimum Gasteiger partial charge on any atom is -0.321 e. The molecule has 0 saturated carbocycles. The Labute approximate surface area is 134 Å². The maximum Gasteiger partial charge on any atom is 0.257 e. The number of nitrogens with one attached hydrogen (secondary N) is 1. The molecule has 1 aromatic carbocycles. The zero-order valence-corrected chi connectivity index (χ0v) is 12.7. The molecule has 0 bridgehead atoms. The summed E-state index contributed by atoms with van der Waals surface area (Å²) in [6.07, 6.45) is 7.83. The maximum atomic E-state index is 12.6. The Bertz CT molecular complexity index is 883. The lowest BCUT2D eigenvalue weighted by molar-refractivity contribution is 0.102. The van der Waals surface area contributed by atoms with E-state index < -0.39 is 0 Å². The molecule has 0 radical (unpaired) electrons. The summed E-state index contributed by atoms with van der Waals surface area (Å²) in [7, 11) is 0. The molecule has 114 valence electrons. The molecule has 0 unspecified atom stereocenters. The fourth-order valence-electron chi connectivity index (χ4n) is 3.12. The van der Waals surface area contributed by atoms with Crippen LogP contribution in [-0.2, 0) is 12.8 Å². The Morgan fingerprint density at radius 3 is 2.91 bits per heavy atom. The standard InChI is InChI=1S/C19H17N3O/c23-19(14-11-13-5-1-2-7-16(13)21-12-14)22-18-9-3-8-17-15(18)6-4-10-20-17/h3-4,6,8-12H,1-2,5,7H2,(H,22,23). The van der Waals surface area contributed by atoms with Gasteiger partial charge in [0.1, 0.15) is 0 Å². The zero-order chi connectivity index (χ0) is 15.6. The number of carbonyl (C=O) groups is 1. The molecule has 1 N–H and O–H groups in total. The van der Waals surface area contributed by atoms with Gasteiger partial charge in [-0.1, -0.05) is 6.07 Å². The van der Waals surface area contributed by atoms with Crippen LogP contribution in [0.4, 0.5) is 5.69 Å². The number of amides is 1. The topological polar surface area (TPSA) is 54.9 Å². The second kappa shape index (κ2) is 5.80. The summed E-state index contributed by atoms with van der Waals surface area (Å²) in [5.41, 5.74) is 4.62. The predicted octanol–water partition coefficient (Wildman–Crippen LogP) is 3.76. The van der Waals surface area contributed by atoms with Gasteiger partial charge < -0.3 is 5.32 Å². The van der Waals surface area contributed by atoms with Crippen LogP contribution in [0.2, 0.25) is 0 Å². The Morgan fingerprint density at radius 2 is 1.96 bits per heavy atom. The van der Waals surface area contributed by atoms with Crippen LogP contribution in [0.1, 0.15) is 34.5 Å². The maximum absolute atomic E-state index is 12.6. The van der Waals surface area contributed by atoms with Crippen molar-refractivity contribution in [1.82, 2.24) is 9.97 Å². The summed E-state index contributed by atoms with van der Waals surface area (Å²) in [5, 5.41) is 3.93. The van der Waals surface area contributed by atoms with Gasteiger partial charge in [-0.3, -0.25) is 14.8 Å². The molecule has 4 heteroatoms. The van der Waals surface area contributed by atoms with Crippen LogP contribution in [0.15, 0.2) is 48.8 Å². The first-order valence-electron chi connectivity index (χ1n) is 7.94. The SMILES string of the molecule is O=C(Nc1cccc2ncccc12)c1cnc2c(c1)CCCC2. The van der Waals surface area contributed by atoms with Crippen molar-refractivity contribution in [3.05, 3.63) is 65.6 Å². The van der Waals surface area contributed by atoms with Crippen LogP contribution < -0.4 is 5.32 Å². The van der Waals surface area contributed by atoms with Crippen molar-refractivity contribution in [3.63, 3.8) is 0 Å². The molecule has 23 heavy (non-hydrogen) atoms. The van der Waals surface area contributed by atoms with Gasteiger partial charge in [-0.15, -0.1) is 0 Å². The largest absolute Gasteiger partial charge is 0.321 e. The van der Waals surface area contributed by atoms with E-state index in [2.05, 4.69) is 15.3 Å². The monoisotopic (exact) mass is 303 g/mol. The molecular weight excluding hydrogens is 286 g/mol. The highest BCUT2D eigenvalue weighted by atomic mass is 16.1. The molecule has 0 aliphatic heterocycles. The molecule has 3 aromatic rings. The van der Waals surface area contributed by atoms with Gasteiger partial charge in [0.15, 0.2) is 0 Å². The van der Waals surface area contributed by atoms with Crippen molar-refractivity contribution < 1.29 is 4.79 Å². The summed E-state index contributed by atoms with van der Waals surface area (Å²) >= 11 is 0. The number of nitrogens with zero attached hydrogens (tertiary/aromatic N) is 2. The number of anilines is 1. The molecule has 0 atom stereocenters. The lowest BCUT2D eigenvalue weighted by atomic mass is 9.95. The van der Waals surface area contributed by atoms with Gasteiger partial charge in [0.2, 0.25) is 0 Å². The molecule has 2 aromatic heterocycles. The number of carbonyl (C=O) groups excluding carboxylic acids is 1. The molecule has 2 heterocycles. The van der Waals surface area contributed by atoms with E-state index in [4.69, 9.17) is 0 Å². The van der Waals surface area contributed by atoms with E-state index in [0.29, 0.717) is 5.56 Å². The zero-order valence-electron chi connectivity index (χ0n) is 12.7. The van der Waals surface area contributed by atoms with E-state index >= 15 is 0 Å². The molecule has 1 aliphatic carbocycles. The molecule has 4 nitrogen and oxygen atoms in total. The van der Waals surface area contributed by atoms with Gasteiger partial charge in [-0.25, -0.2) is 0 Å². The van der Waals surface area contributed by atoms with Crippen LogP contribution >= 0.6 is 0 Å². The van der Waals surface area contributed by atoms with Crippen molar-refractivity contribution in [2.45, 2.75) is 25.7 Å². The molecule has 0 spiro atoms. The van der Waals surface area contributed by atoms with Crippen LogP contribution in [0.5, 0.6) is 0 Å². The summed E-state index contributed by atoms with van der Waals surface area (Å²) in [6.45, 7) is 0. The highest BCUT2D eigenvalue weighted by molar-refractivity contribution is 6.08. The van der Waals surface area contributed by atoms with Gasteiger partial charge in [-0.2, -0.15) is 0 Å². The van der Waals surface area contributed by atoms with Gasteiger partial charge in [0, 0.05) is 23.5 Å². The van der Waals surface area contributed by atoms with Crippen LogP contribution in [-0.4, -0.2) is 15.9 Å². The van der Waals surface area contributed by atoms with E-state index in [0.717, 1.165) is 35.1 Å². The number of rotatable bonds is 2. The third-order valence-corrected chi connectivity index (χ3v) is 4.33. The number of hydrogen-bond acceptors (Lipinski definition) is 3. The Hall–Kier alpha value is -2.75. The smallest absolute Gasteiger partial charge is 0.257 e.